The van der Waals surface area contributed by atoms with Gasteiger partial charge >= 0.3 is 5.97 Å². The number of carbonyl (C=O) groups excluding carboxylic acids is 1. The zero-order valence-electron chi connectivity index (χ0n) is 10.2. The largest absolute Gasteiger partial charge is 0.469 e. The molecule has 0 fully saturated rings. The summed E-state index contributed by atoms with van der Waals surface area (Å²) in [5.74, 6) is -1.28. The van der Waals surface area contributed by atoms with Crippen molar-refractivity contribution in [2.45, 2.75) is 25.6 Å². The molecule has 18 heavy (non-hydrogen) atoms. The van der Waals surface area contributed by atoms with E-state index in [9.17, 15) is 19.4 Å². The number of esters is 1. The summed E-state index contributed by atoms with van der Waals surface area (Å²) in [6.45, 7) is 1.60. The summed E-state index contributed by atoms with van der Waals surface area (Å²) in [5.41, 5.74) is 6.36. The molecule has 1 aromatic rings. The minimum Gasteiger partial charge on any atom is -0.469 e. The molecule has 0 radical (unpaired) electrons. The number of ether oxygens (including phenoxy) is 1. The van der Waals surface area contributed by atoms with E-state index in [1.54, 1.807) is 6.92 Å². The Morgan fingerprint density at radius 1 is 1.50 bits per heavy atom. The van der Waals surface area contributed by atoms with E-state index >= 15 is 0 Å². The molecule has 0 heterocycles. The number of halogens is 1. The molecule has 0 aliphatic carbocycles. The summed E-state index contributed by atoms with van der Waals surface area (Å²) in [4.78, 5) is 11.0. The van der Waals surface area contributed by atoms with Crippen molar-refractivity contribution < 1.29 is 24.1 Å². The number of hydrogen-bond acceptors (Lipinski definition) is 5. The smallest absolute Gasteiger partial charge is 0.308 e. The number of rotatable bonds is 4. The van der Waals surface area contributed by atoms with Gasteiger partial charge in [0.2, 0.25) is 0 Å². The zero-order valence-corrected chi connectivity index (χ0v) is 10.2. The van der Waals surface area contributed by atoms with Crippen molar-refractivity contribution in [2.24, 2.45) is 0 Å². The number of hydrogen-bond donors (Lipinski definition) is 3. The van der Waals surface area contributed by atoms with E-state index in [4.69, 9.17) is 5.73 Å². The first-order valence-electron chi connectivity index (χ1n) is 5.35. The van der Waals surface area contributed by atoms with E-state index in [1.807, 2.05) is 0 Å². The Kier molecular flexibility index (Phi) is 4.63. The van der Waals surface area contributed by atoms with Crippen molar-refractivity contribution in [1.82, 2.24) is 0 Å². The highest BCUT2D eigenvalue weighted by atomic mass is 19.1. The van der Waals surface area contributed by atoms with Gasteiger partial charge in [0.25, 0.3) is 0 Å². The second-order valence-corrected chi connectivity index (χ2v) is 4.00. The molecule has 0 bridgehead atoms. The van der Waals surface area contributed by atoms with Crippen LogP contribution in [0.15, 0.2) is 12.1 Å². The maximum absolute atomic E-state index is 13.2. The van der Waals surface area contributed by atoms with Gasteiger partial charge in [0.05, 0.1) is 19.6 Å². The Balaban J connectivity index is 2.96. The Labute approximate surface area is 104 Å². The monoisotopic (exact) mass is 257 g/mol. The average molecular weight is 257 g/mol. The third kappa shape index (κ3) is 3.18. The van der Waals surface area contributed by atoms with Crippen molar-refractivity contribution >= 4 is 11.7 Å². The molecule has 6 heteroatoms. The predicted octanol–water partition coefficient (Wildman–Crippen LogP) is 0.674. The summed E-state index contributed by atoms with van der Waals surface area (Å²) in [7, 11) is 1.17. The molecule has 2 unspecified atom stereocenters. The summed E-state index contributed by atoms with van der Waals surface area (Å²) < 4.78 is 17.6. The quantitative estimate of drug-likeness (QED) is 0.544. The first-order valence-corrected chi connectivity index (χ1v) is 5.35. The molecule has 100 valence electrons. The van der Waals surface area contributed by atoms with Crippen LogP contribution in [0, 0.1) is 12.7 Å². The predicted molar refractivity (Wildman–Crippen MR) is 63.1 cm³/mol. The number of methoxy groups -OCH3 is 1. The fourth-order valence-electron chi connectivity index (χ4n) is 1.60. The summed E-state index contributed by atoms with van der Waals surface area (Å²) >= 11 is 0. The second kappa shape index (κ2) is 5.79. The van der Waals surface area contributed by atoms with E-state index in [0.717, 1.165) is 12.1 Å². The number of aliphatic hydroxyl groups is 2. The van der Waals surface area contributed by atoms with E-state index in [1.165, 1.54) is 7.11 Å². The highest BCUT2D eigenvalue weighted by Crippen LogP contribution is 2.27. The Bertz CT molecular complexity index is 450. The average Bonchev–Trinajstić information content (AvgIpc) is 2.32. The molecule has 0 aliphatic rings. The topological polar surface area (TPSA) is 92.8 Å². The first kappa shape index (κ1) is 14.4. The molecule has 0 aromatic heterocycles. The molecule has 2 atom stereocenters. The SMILES string of the molecule is COC(=O)CC(O)C(O)c1cc(F)cc(N)c1C. The van der Waals surface area contributed by atoms with Gasteiger partial charge in [-0.05, 0) is 30.2 Å². The van der Waals surface area contributed by atoms with Crippen molar-refractivity contribution in [3.8, 4) is 0 Å². The molecule has 5 nitrogen and oxygen atoms in total. The van der Waals surface area contributed by atoms with Crippen molar-refractivity contribution in [3.05, 3.63) is 29.1 Å². The van der Waals surface area contributed by atoms with Gasteiger partial charge < -0.3 is 20.7 Å². The van der Waals surface area contributed by atoms with Crippen LogP contribution >= 0.6 is 0 Å². The molecule has 0 amide bonds. The van der Waals surface area contributed by atoms with Gasteiger partial charge in [0.15, 0.2) is 0 Å². The van der Waals surface area contributed by atoms with Crippen molar-refractivity contribution in [1.29, 1.82) is 0 Å². The third-order valence-corrected chi connectivity index (χ3v) is 2.74. The number of nitrogen functional groups attached to an aromatic ring is 1. The van der Waals surface area contributed by atoms with Crippen LogP contribution in [0.25, 0.3) is 0 Å². The summed E-state index contributed by atoms with van der Waals surface area (Å²) in [6, 6.07) is 2.20. The van der Waals surface area contributed by atoms with Crippen LogP contribution in [0.3, 0.4) is 0 Å². The van der Waals surface area contributed by atoms with Crippen LogP contribution in [0.1, 0.15) is 23.7 Å². The summed E-state index contributed by atoms with van der Waals surface area (Å²) in [6.07, 6.45) is -3.16. The van der Waals surface area contributed by atoms with Gasteiger partial charge in [-0.3, -0.25) is 4.79 Å². The van der Waals surface area contributed by atoms with Gasteiger partial charge in [0, 0.05) is 5.69 Å². The maximum Gasteiger partial charge on any atom is 0.308 e. The molecule has 1 aromatic carbocycles. The molecule has 0 saturated heterocycles. The molecular formula is C12H16FNO4. The Morgan fingerprint density at radius 2 is 2.11 bits per heavy atom. The van der Waals surface area contributed by atoms with Crippen LogP contribution in [-0.2, 0) is 9.53 Å². The van der Waals surface area contributed by atoms with E-state index in [-0.39, 0.29) is 17.7 Å². The molecule has 0 saturated carbocycles. The van der Waals surface area contributed by atoms with Gasteiger partial charge in [-0.1, -0.05) is 0 Å². The lowest BCUT2D eigenvalue weighted by Gasteiger charge is -2.20. The minimum atomic E-state index is -1.40. The summed E-state index contributed by atoms with van der Waals surface area (Å²) in [5, 5.41) is 19.5. The fraction of sp³-hybridized carbons (Fsp3) is 0.417. The lowest BCUT2D eigenvalue weighted by molar-refractivity contribution is -0.144. The molecule has 1 rings (SSSR count). The van der Waals surface area contributed by atoms with Crippen LogP contribution in [0.5, 0.6) is 0 Å². The second-order valence-electron chi connectivity index (χ2n) is 4.00. The molecular weight excluding hydrogens is 241 g/mol. The highest BCUT2D eigenvalue weighted by Gasteiger charge is 2.24. The molecule has 0 aliphatic heterocycles. The highest BCUT2D eigenvalue weighted by molar-refractivity contribution is 5.69. The number of anilines is 1. The Hall–Kier alpha value is -1.66. The van der Waals surface area contributed by atoms with Gasteiger partial charge in [0.1, 0.15) is 11.9 Å². The number of nitrogens with two attached hydrogens (primary N) is 1. The van der Waals surface area contributed by atoms with Crippen LogP contribution < -0.4 is 5.73 Å². The van der Waals surface area contributed by atoms with Crippen molar-refractivity contribution in [3.63, 3.8) is 0 Å². The van der Waals surface area contributed by atoms with Crippen LogP contribution in [0.2, 0.25) is 0 Å². The molecule has 0 spiro atoms. The normalized spacial score (nSPS) is 14.1. The van der Waals surface area contributed by atoms with Gasteiger partial charge in [-0.15, -0.1) is 0 Å². The standard InChI is InChI=1S/C12H16FNO4/c1-6-8(3-7(13)4-9(6)14)12(17)10(15)5-11(16)18-2/h3-4,10,12,15,17H,5,14H2,1-2H3. The maximum atomic E-state index is 13.2. The van der Waals surface area contributed by atoms with E-state index in [0.29, 0.717) is 5.56 Å². The number of benzene rings is 1. The minimum absolute atomic E-state index is 0.156. The third-order valence-electron chi connectivity index (χ3n) is 2.74. The zero-order chi connectivity index (χ0) is 13.9. The Morgan fingerprint density at radius 3 is 2.67 bits per heavy atom. The molecule has 4 N–H and O–H groups in total. The van der Waals surface area contributed by atoms with Gasteiger partial charge in [-0.25, -0.2) is 4.39 Å². The number of carbonyl (C=O) groups is 1. The van der Waals surface area contributed by atoms with Crippen LogP contribution in [-0.4, -0.2) is 29.4 Å². The van der Waals surface area contributed by atoms with Crippen molar-refractivity contribution in [2.75, 3.05) is 12.8 Å². The lowest BCUT2D eigenvalue weighted by Crippen LogP contribution is -2.23. The van der Waals surface area contributed by atoms with E-state index in [2.05, 4.69) is 4.74 Å². The van der Waals surface area contributed by atoms with E-state index < -0.39 is 24.0 Å². The fourth-order valence-corrected chi connectivity index (χ4v) is 1.60. The first-order chi connectivity index (χ1) is 8.36. The number of aliphatic hydroxyl groups excluding tert-OH is 2. The lowest BCUT2D eigenvalue weighted by atomic mass is 9.96. The van der Waals surface area contributed by atoms with Crippen LogP contribution in [0.4, 0.5) is 10.1 Å². The van der Waals surface area contributed by atoms with Gasteiger partial charge in [-0.2, -0.15) is 0 Å².